The van der Waals surface area contributed by atoms with E-state index in [1.54, 1.807) is 24.3 Å². The molecule has 1 unspecified atom stereocenters. The third kappa shape index (κ3) is 4.77. The van der Waals surface area contributed by atoms with Crippen molar-refractivity contribution in [1.29, 1.82) is 0 Å². The fourth-order valence-electron chi connectivity index (χ4n) is 8.01. The van der Waals surface area contributed by atoms with Crippen molar-refractivity contribution in [2.45, 2.75) is 68.3 Å². The van der Waals surface area contributed by atoms with Crippen LogP contribution in [0.2, 0.25) is 0 Å². The minimum atomic E-state index is -3.26. The SMILES string of the molecule is CN(C)c1ccc(C2CC3=C4CC[C@@]5(C)[C@@H](CC[C@]5(O)C#Cc5ccc(S(C)(=O)=O)cc5)[C@@H]4CCC3=CC2=O)cc1. The maximum absolute atomic E-state index is 13.2. The van der Waals surface area contributed by atoms with Gasteiger partial charge in [-0.3, -0.25) is 4.79 Å². The molecule has 0 aromatic heterocycles. The zero-order valence-corrected chi connectivity index (χ0v) is 25.2. The first kappa shape index (κ1) is 28.0. The van der Waals surface area contributed by atoms with Gasteiger partial charge in [0.05, 0.1) is 10.8 Å². The average Bonchev–Trinajstić information content (AvgIpc) is 3.21. The lowest BCUT2D eigenvalue weighted by molar-refractivity contribution is -0.116. The molecule has 5 atom stereocenters. The Balaban J connectivity index is 1.27. The van der Waals surface area contributed by atoms with Crippen molar-refractivity contribution < 1.29 is 18.3 Å². The molecule has 6 heteroatoms. The summed E-state index contributed by atoms with van der Waals surface area (Å²) < 4.78 is 23.6. The van der Waals surface area contributed by atoms with Crippen molar-refractivity contribution >= 4 is 21.3 Å². The van der Waals surface area contributed by atoms with Crippen LogP contribution in [0.25, 0.3) is 0 Å². The number of ketones is 1. The molecular weight excluding hydrogens is 530 g/mol. The molecule has 1 N–H and O–H groups in total. The summed E-state index contributed by atoms with van der Waals surface area (Å²) in [6, 6.07) is 15.0. The third-order valence-corrected chi connectivity index (χ3v) is 11.6. The molecule has 0 spiro atoms. The fourth-order valence-corrected chi connectivity index (χ4v) is 8.64. The van der Waals surface area contributed by atoms with Gasteiger partial charge < -0.3 is 10.0 Å². The van der Waals surface area contributed by atoms with Crippen molar-refractivity contribution in [3.05, 3.63) is 82.5 Å². The minimum absolute atomic E-state index is 0.134. The Labute approximate surface area is 244 Å². The molecule has 0 saturated heterocycles. The third-order valence-electron chi connectivity index (χ3n) is 10.5. The number of rotatable bonds is 3. The van der Waals surface area contributed by atoms with Crippen LogP contribution >= 0.6 is 0 Å². The van der Waals surface area contributed by atoms with Gasteiger partial charge in [-0.15, -0.1) is 0 Å². The van der Waals surface area contributed by atoms with E-state index in [0.717, 1.165) is 49.8 Å². The summed E-state index contributed by atoms with van der Waals surface area (Å²) in [6.45, 7) is 2.22. The van der Waals surface area contributed by atoms with Crippen LogP contribution in [0.1, 0.15) is 68.9 Å². The van der Waals surface area contributed by atoms with Crippen LogP contribution in [0, 0.1) is 29.1 Å². The summed E-state index contributed by atoms with van der Waals surface area (Å²) in [5.74, 6) is 7.26. The molecule has 5 nitrogen and oxygen atoms in total. The van der Waals surface area contributed by atoms with Gasteiger partial charge in [0, 0.05) is 37.0 Å². The second-order valence-corrected chi connectivity index (χ2v) is 14.9. The lowest BCUT2D eigenvalue weighted by Crippen LogP contribution is -2.49. The van der Waals surface area contributed by atoms with Crippen LogP contribution < -0.4 is 4.90 Å². The Morgan fingerprint density at radius 2 is 1.68 bits per heavy atom. The van der Waals surface area contributed by atoms with Crippen molar-refractivity contribution in [2.24, 2.45) is 17.3 Å². The summed E-state index contributed by atoms with van der Waals surface area (Å²) in [6.07, 6.45) is 9.21. The number of benzene rings is 2. The number of allylic oxidation sites excluding steroid dienone is 4. The van der Waals surface area contributed by atoms with Crippen LogP contribution in [-0.4, -0.2) is 45.3 Å². The first-order valence-corrected chi connectivity index (χ1v) is 16.6. The molecule has 2 aromatic rings. The number of nitrogens with zero attached hydrogens (tertiary/aromatic N) is 1. The fraction of sp³-hybridized carbons (Fsp3) is 0.457. The Bertz CT molecular complexity index is 1620. The van der Waals surface area contributed by atoms with Crippen molar-refractivity contribution in [2.75, 3.05) is 25.3 Å². The van der Waals surface area contributed by atoms with E-state index in [0.29, 0.717) is 23.8 Å². The number of anilines is 1. The van der Waals surface area contributed by atoms with Crippen molar-refractivity contribution in [1.82, 2.24) is 0 Å². The zero-order chi connectivity index (χ0) is 29.2. The van der Waals surface area contributed by atoms with E-state index in [1.807, 2.05) is 20.2 Å². The van der Waals surface area contributed by atoms with Gasteiger partial charge >= 0.3 is 0 Å². The Morgan fingerprint density at radius 3 is 2.34 bits per heavy atom. The van der Waals surface area contributed by atoms with E-state index < -0.39 is 15.4 Å². The van der Waals surface area contributed by atoms with Gasteiger partial charge in [0.2, 0.25) is 0 Å². The molecule has 2 aromatic carbocycles. The first-order valence-electron chi connectivity index (χ1n) is 14.7. The standard InChI is InChI=1S/C35H39NO4S/c1-34-18-16-28-29(32(34)17-20-35(34,38)19-15-23-5-12-27(13-6-23)41(4,39)40)14-9-25-21-33(37)31(22-30(25)28)24-7-10-26(11-8-24)36(2)3/h5-8,10-13,21,29,31-32,38H,9,14,16-18,20,22H2,1-4H3/t29-,31?,32+,34+,35-/m1/s1. The van der Waals surface area contributed by atoms with Crippen LogP contribution in [-0.2, 0) is 14.6 Å². The predicted octanol–water partition coefficient (Wildman–Crippen LogP) is 5.84. The van der Waals surface area contributed by atoms with E-state index >= 15 is 0 Å². The van der Waals surface area contributed by atoms with Gasteiger partial charge in [-0.05, 0) is 116 Å². The minimum Gasteiger partial charge on any atom is -0.378 e. The molecule has 4 aliphatic rings. The largest absolute Gasteiger partial charge is 0.378 e. The number of hydrogen-bond acceptors (Lipinski definition) is 5. The highest BCUT2D eigenvalue weighted by atomic mass is 32.2. The monoisotopic (exact) mass is 569 g/mol. The molecule has 41 heavy (non-hydrogen) atoms. The first-order chi connectivity index (χ1) is 19.4. The molecule has 214 valence electrons. The van der Waals surface area contributed by atoms with Gasteiger partial charge in [0.15, 0.2) is 15.6 Å². The molecule has 2 fully saturated rings. The highest BCUT2D eigenvalue weighted by molar-refractivity contribution is 7.90. The summed E-state index contributed by atoms with van der Waals surface area (Å²) >= 11 is 0. The Morgan fingerprint density at radius 1 is 0.976 bits per heavy atom. The van der Waals surface area contributed by atoms with Gasteiger partial charge in [-0.2, -0.15) is 0 Å². The van der Waals surface area contributed by atoms with Crippen molar-refractivity contribution in [3.8, 4) is 11.8 Å². The topological polar surface area (TPSA) is 74.7 Å². The lowest BCUT2D eigenvalue weighted by Gasteiger charge is -2.50. The number of carbonyl (C=O) groups excluding carboxylic acids is 1. The highest BCUT2D eigenvalue weighted by Gasteiger charge is 2.60. The smallest absolute Gasteiger partial charge is 0.175 e. The quantitative estimate of drug-likeness (QED) is 0.470. The molecule has 4 aliphatic carbocycles. The van der Waals surface area contributed by atoms with Crippen LogP contribution in [0.4, 0.5) is 5.69 Å². The van der Waals surface area contributed by atoms with E-state index in [1.165, 1.54) is 23.0 Å². The molecule has 2 saturated carbocycles. The zero-order valence-electron chi connectivity index (χ0n) is 24.4. The summed E-state index contributed by atoms with van der Waals surface area (Å²) in [5.41, 5.74) is 5.67. The summed E-state index contributed by atoms with van der Waals surface area (Å²) in [5, 5.41) is 12.0. The van der Waals surface area contributed by atoms with Crippen LogP contribution in [0.15, 0.2) is 76.2 Å². The second-order valence-electron chi connectivity index (χ2n) is 12.9. The van der Waals surface area contributed by atoms with E-state index in [-0.39, 0.29) is 22.0 Å². The molecule has 0 heterocycles. The number of fused-ring (bicyclic) bond motifs is 4. The number of aliphatic hydroxyl groups is 1. The van der Waals surface area contributed by atoms with E-state index in [4.69, 9.17) is 0 Å². The van der Waals surface area contributed by atoms with Gasteiger partial charge in [0.25, 0.3) is 0 Å². The van der Waals surface area contributed by atoms with Gasteiger partial charge in [-0.25, -0.2) is 8.42 Å². The van der Waals surface area contributed by atoms with Crippen molar-refractivity contribution in [3.63, 3.8) is 0 Å². The Kier molecular flexibility index (Phi) is 6.83. The maximum Gasteiger partial charge on any atom is 0.175 e. The molecule has 0 amide bonds. The number of hydrogen-bond donors (Lipinski definition) is 1. The molecular formula is C35H39NO4S. The maximum atomic E-state index is 13.2. The molecule has 0 bridgehead atoms. The van der Waals surface area contributed by atoms with Crippen LogP contribution in [0.5, 0.6) is 0 Å². The predicted molar refractivity (Wildman–Crippen MR) is 162 cm³/mol. The molecule has 0 aliphatic heterocycles. The Hall–Kier alpha value is -3.14. The number of sulfone groups is 1. The highest BCUT2D eigenvalue weighted by Crippen LogP contribution is 2.63. The lowest BCUT2D eigenvalue weighted by atomic mass is 9.54. The molecule has 6 rings (SSSR count). The number of carbonyl (C=O) groups is 1. The van der Waals surface area contributed by atoms with Crippen LogP contribution in [0.3, 0.4) is 0 Å². The normalized spacial score (nSPS) is 30.9. The second kappa shape index (κ2) is 10.00. The van der Waals surface area contributed by atoms with E-state index in [9.17, 15) is 18.3 Å². The van der Waals surface area contributed by atoms with Gasteiger partial charge in [0.1, 0.15) is 5.60 Å². The average molecular weight is 570 g/mol. The summed E-state index contributed by atoms with van der Waals surface area (Å²) in [7, 11) is 0.784. The van der Waals surface area contributed by atoms with E-state index in [2.05, 4.69) is 47.9 Å². The van der Waals surface area contributed by atoms with Gasteiger partial charge in [-0.1, -0.05) is 36.5 Å². The summed E-state index contributed by atoms with van der Waals surface area (Å²) in [4.78, 5) is 15.6. The molecule has 0 radical (unpaired) electrons.